The van der Waals surface area contributed by atoms with Crippen LogP contribution in [0.5, 0.6) is 0 Å². The highest BCUT2D eigenvalue weighted by molar-refractivity contribution is 7.07. The standard InChI is InChI=1S/C18H20N4O2S/c1-21(2)16(13-7-8-25-12-13)9-20-17(23)11-22-15-6-4-3-5-14(15)19-10-18(22)24/h3-8,10,12,16H,9,11H2,1-2H3,(H,20,23)/t16-/m0/s1. The van der Waals surface area contributed by atoms with Crippen molar-refractivity contribution in [1.82, 2.24) is 19.8 Å². The molecule has 1 N–H and O–H groups in total. The molecule has 0 saturated heterocycles. The number of carbonyl (C=O) groups is 1. The van der Waals surface area contributed by atoms with Gasteiger partial charge in [-0.1, -0.05) is 12.1 Å². The molecule has 0 fully saturated rings. The molecule has 6 nitrogen and oxygen atoms in total. The Kier molecular flexibility index (Phi) is 5.25. The smallest absolute Gasteiger partial charge is 0.269 e. The first-order chi connectivity index (χ1) is 12.1. The van der Waals surface area contributed by atoms with E-state index < -0.39 is 0 Å². The van der Waals surface area contributed by atoms with Crippen molar-refractivity contribution in [1.29, 1.82) is 0 Å². The lowest BCUT2D eigenvalue weighted by Gasteiger charge is -2.24. The van der Waals surface area contributed by atoms with Crippen LogP contribution in [0.15, 0.2) is 52.1 Å². The summed E-state index contributed by atoms with van der Waals surface area (Å²) in [6.07, 6.45) is 1.25. The molecule has 0 unspecified atom stereocenters. The van der Waals surface area contributed by atoms with Gasteiger partial charge in [-0.05, 0) is 48.6 Å². The Morgan fingerprint density at radius 1 is 1.32 bits per heavy atom. The zero-order valence-electron chi connectivity index (χ0n) is 14.2. The van der Waals surface area contributed by atoms with Crippen molar-refractivity contribution in [3.63, 3.8) is 0 Å². The van der Waals surface area contributed by atoms with Crippen LogP contribution in [0.4, 0.5) is 0 Å². The average molecular weight is 356 g/mol. The van der Waals surface area contributed by atoms with E-state index in [2.05, 4.69) is 26.6 Å². The van der Waals surface area contributed by atoms with Crippen molar-refractivity contribution in [3.05, 3.63) is 63.2 Å². The van der Waals surface area contributed by atoms with Gasteiger partial charge in [-0.3, -0.25) is 14.2 Å². The number of hydrogen-bond acceptors (Lipinski definition) is 5. The quantitative estimate of drug-likeness (QED) is 0.732. The van der Waals surface area contributed by atoms with Crippen LogP contribution < -0.4 is 10.9 Å². The Bertz CT molecular complexity index is 918. The predicted molar refractivity (Wildman–Crippen MR) is 99.8 cm³/mol. The van der Waals surface area contributed by atoms with Crippen LogP contribution in [0, 0.1) is 0 Å². The Morgan fingerprint density at radius 2 is 2.12 bits per heavy atom. The number of rotatable bonds is 6. The SMILES string of the molecule is CN(C)[C@@H](CNC(=O)Cn1c(=O)cnc2ccccc21)c1ccsc1. The van der Waals surface area contributed by atoms with Gasteiger partial charge in [0, 0.05) is 6.54 Å². The number of hydrogen-bond donors (Lipinski definition) is 1. The Balaban J connectivity index is 1.73. The minimum Gasteiger partial charge on any atom is -0.353 e. The van der Waals surface area contributed by atoms with Gasteiger partial charge in [0.2, 0.25) is 5.91 Å². The lowest BCUT2D eigenvalue weighted by Crippen LogP contribution is -2.37. The lowest BCUT2D eigenvalue weighted by molar-refractivity contribution is -0.121. The molecule has 3 aromatic rings. The highest BCUT2D eigenvalue weighted by atomic mass is 32.1. The first-order valence-corrected chi connectivity index (χ1v) is 8.90. The number of aromatic nitrogens is 2. The number of fused-ring (bicyclic) bond motifs is 1. The van der Waals surface area contributed by atoms with Gasteiger partial charge in [-0.2, -0.15) is 11.3 Å². The maximum atomic E-state index is 12.4. The first-order valence-electron chi connectivity index (χ1n) is 7.96. The van der Waals surface area contributed by atoms with Crippen LogP contribution in [0.3, 0.4) is 0 Å². The average Bonchev–Trinajstić information content (AvgIpc) is 3.11. The molecule has 0 aliphatic carbocycles. The van der Waals surface area contributed by atoms with Crippen LogP contribution in [-0.4, -0.2) is 41.0 Å². The van der Waals surface area contributed by atoms with E-state index in [9.17, 15) is 9.59 Å². The van der Waals surface area contributed by atoms with Crippen LogP contribution in [-0.2, 0) is 11.3 Å². The summed E-state index contributed by atoms with van der Waals surface area (Å²) >= 11 is 1.63. The molecule has 1 amide bonds. The Labute approximate surface area is 149 Å². The van der Waals surface area contributed by atoms with Gasteiger partial charge in [-0.25, -0.2) is 4.98 Å². The number of benzene rings is 1. The summed E-state index contributed by atoms with van der Waals surface area (Å²) < 4.78 is 1.45. The fourth-order valence-electron chi connectivity index (χ4n) is 2.75. The molecule has 0 saturated carbocycles. The van der Waals surface area contributed by atoms with E-state index in [-0.39, 0.29) is 24.1 Å². The summed E-state index contributed by atoms with van der Waals surface area (Å²) in [4.78, 5) is 30.7. The van der Waals surface area contributed by atoms with Gasteiger partial charge in [0.25, 0.3) is 5.56 Å². The topological polar surface area (TPSA) is 67.2 Å². The lowest BCUT2D eigenvalue weighted by atomic mass is 10.1. The molecule has 1 aromatic carbocycles. The zero-order valence-corrected chi connectivity index (χ0v) is 15.0. The molecule has 3 rings (SSSR count). The molecule has 0 spiro atoms. The van der Waals surface area contributed by atoms with Gasteiger partial charge in [0.05, 0.1) is 23.3 Å². The van der Waals surface area contributed by atoms with E-state index in [0.717, 1.165) is 0 Å². The number of likely N-dealkylation sites (N-methyl/N-ethyl adjacent to an activating group) is 1. The fourth-order valence-corrected chi connectivity index (χ4v) is 3.46. The predicted octanol–water partition coefficient (Wildman–Crippen LogP) is 1.88. The second-order valence-electron chi connectivity index (χ2n) is 6.01. The van der Waals surface area contributed by atoms with E-state index >= 15 is 0 Å². The van der Waals surface area contributed by atoms with E-state index in [0.29, 0.717) is 17.6 Å². The fraction of sp³-hybridized carbons (Fsp3) is 0.278. The summed E-state index contributed by atoms with van der Waals surface area (Å²) in [5.74, 6) is -0.194. The molecular weight excluding hydrogens is 336 g/mol. The third-order valence-electron chi connectivity index (χ3n) is 4.10. The van der Waals surface area contributed by atoms with Crippen LogP contribution >= 0.6 is 11.3 Å². The highest BCUT2D eigenvalue weighted by Gasteiger charge is 2.16. The molecule has 7 heteroatoms. The van der Waals surface area contributed by atoms with E-state index in [1.807, 2.05) is 37.7 Å². The summed E-state index contributed by atoms with van der Waals surface area (Å²) in [7, 11) is 3.96. The summed E-state index contributed by atoms with van der Waals surface area (Å²) in [6.45, 7) is 0.464. The van der Waals surface area contributed by atoms with Gasteiger partial charge in [0.1, 0.15) is 6.54 Å². The van der Waals surface area contributed by atoms with Crippen molar-refractivity contribution >= 4 is 28.3 Å². The van der Waals surface area contributed by atoms with Crippen LogP contribution in [0.1, 0.15) is 11.6 Å². The number of nitrogens with zero attached hydrogens (tertiary/aromatic N) is 3. The molecule has 0 aliphatic heterocycles. The Hall–Kier alpha value is -2.51. The van der Waals surface area contributed by atoms with Crippen LogP contribution in [0.2, 0.25) is 0 Å². The second-order valence-corrected chi connectivity index (χ2v) is 6.79. The van der Waals surface area contributed by atoms with Gasteiger partial charge in [0.15, 0.2) is 0 Å². The minimum absolute atomic E-state index is 0.0222. The van der Waals surface area contributed by atoms with Crippen molar-refractivity contribution in [2.45, 2.75) is 12.6 Å². The molecule has 0 bridgehead atoms. The minimum atomic E-state index is -0.282. The molecule has 25 heavy (non-hydrogen) atoms. The van der Waals surface area contributed by atoms with Crippen LogP contribution in [0.25, 0.3) is 11.0 Å². The van der Waals surface area contributed by atoms with Gasteiger partial charge >= 0.3 is 0 Å². The molecule has 2 heterocycles. The molecule has 0 radical (unpaired) electrons. The van der Waals surface area contributed by atoms with Crippen molar-refractivity contribution in [2.75, 3.05) is 20.6 Å². The van der Waals surface area contributed by atoms with E-state index in [4.69, 9.17) is 0 Å². The summed E-state index contributed by atoms with van der Waals surface area (Å²) in [5, 5.41) is 7.04. The van der Waals surface area contributed by atoms with Crippen molar-refractivity contribution in [2.24, 2.45) is 0 Å². The monoisotopic (exact) mass is 356 g/mol. The number of thiophene rings is 1. The number of carbonyl (C=O) groups excluding carboxylic acids is 1. The van der Waals surface area contributed by atoms with Crippen molar-refractivity contribution < 1.29 is 4.79 Å². The first kappa shape index (κ1) is 17.3. The number of amides is 1. The Morgan fingerprint density at radius 3 is 2.84 bits per heavy atom. The third-order valence-corrected chi connectivity index (χ3v) is 4.80. The molecule has 130 valence electrons. The maximum Gasteiger partial charge on any atom is 0.269 e. The molecule has 1 atom stereocenters. The third kappa shape index (κ3) is 3.94. The normalized spacial score (nSPS) is 12.4. The summed E-state index contributed by atoms with van der Waals surface area (Å²) in [6, 6.07) is 9.46. The number of para-hydroxylation sites is 2. The highest BCUT2D eigenvalue weighted by Crippen LogP contribution is 2.19. The van der Waals surface area contributed by atoms with E-state index in [1.165, 1.54) is 16.3 Å². The molecule has 2 aromatic heterocycles. The second kappa shape index (κ2) is 7.58. The van der Waals surface area contributed by atoms with Gasteiger partial charge in [-0.15, -0.1) is 0 Å². The number of nitrogens with one attached hydrogen (secondary N) is 1. The van der Waals surface area contributed by atoms with E-state index in [1.54, 1.807) is 17.4 Å². The molecular formula is C18H20N4O2S. The summed E-state index contributed by atoms with van der Waals surface area (Å²) in [5.41, 5.74) is 2.24. The zero-order chi connectivity index (χ0) is 17.8. The van der Waals surface area contributed by atoms with Gasteiger partial charge < -0.3 is 10.2 Å². The maximum absolute atomic E-state index is 12.4. The van der Waals surface area contributed by atoms with Crippen molar-refractivity contribution in [3.8, 4) is 0 Å². The largest absolute Gasteiger partial charge is 0.353 e. The molecule has 0 aliphatic rings.